The molecular formula is C48H54N4O2. The van der Waals surface area contributed by atoms with Crippen LogP contribution in [0.3, 0.4) is 0 Å². The molecule has 0 saturated heterocycles. The van der Waals surface area contributed by atoms with Gasteiger partial charge in [-0.3, -0.25) is 18.4 Å². The lowest BCUT2D eigenvalue weighted by atomic mass is 9.95. The summed E-state index contributed by atoms with van der Waals surface area (Å²) in [5.41, 5.74) is 8.37. The van der Waals surface area contributed by atoms with E-state index in [1.165, 1.54) is 12.8 Å². The number of aromatic nitrogens is 2. The largest absolute Gasteiger partial charge is 0.378 e. The first-order valence-electron chi connectivity index (χ1n) is 19.8. The summed E-state index contributed by atoms with van der Waals surface area (Å²) in [7, 11) is 8.07. The normalized spacial score (nSPS) is 11.1. The monoisotopic (exact) mass is 718 g/mol. The lowest BCUT2D eigenvalue weighted by molar-refractivity contribution is 0.632. The first-order valence-corrected chi connectivity index (χ1v) is 19.8. The Morgan fingerprint density at radius 2 is 0.833 bits per heavy atom. The van der Waals surface area contributed by atoms with Crippen LogP contribution in [0.1, 0.15) is 112 Å². The predicted molar refractivity (Wildman–Crippen MR) is 228 cm³/mol. The molecule has 0 N–H and O–H groups in total. The number of benzene rings is 2. The summed E-state index contributed by atoms with van der Waals surface area (Å²) in [4.78, 5) is 34.0. The molecule has 0 bridgehead atoms. The van der Waals surface area contributed by atoms with Gasteiger partial charge < -0.3 is 9.80 Å². The molecule has 4 aromatic heterocycles. The van der Waals surface area contributed by atoms with Gasteiger partial charge in [-0.15, -0.1) is 0 Å². The molecule has 54 heavy (non-hydrogen) atoms. The van der Waals surface area contributed by atoms with Crippen molar-refractivity contribution in [2.45, 2.75) is 90.9 Å². The molecule has 0 aliphatic heterocycles. The molecule has 0 amide bonds. The van der Waals surface area contributed by atoms with Crippen LogP contribution in [0.4, 0.5) is 11.4 Å². The van der Waals surface area contributed by atoms with Crippen molar-refractivity contribution in [2.75, 3.05) is 38.0 Å². The lowest BCUT2D eigenvalue weighted by Gasteiger charge is -2.15. The number of rotatable bonds is 14. The van der Waals surface area contributed by atoms with Crippen molar-refractivity contribution in [3.05, 3.63) is 127 Å². The number of fused-ring (bicyclic) bond motifs is 3. The van der Waals surface area contributed by atoms with Gasteiger partial charge in [0.1, 0.15) is 11.4 Å². The van der Waals surface area contributed by atoms with E-state index in [0.29, 0.717) is 35.0 Å². The van der Waals surface area contributed by atoms with Gasteiger partial charge in [0.2, 0.25) is 0 Å². The Bertz CT molecular complexity index is 2290. The number of nitrogens with zero attached hydrogens (tertiary/aromatic N) is 4. The fourth-order valence-corrected chi connectivity index (χ4v) is 7.51. The van der Waals surface area contributed by atoms with E-state index in [4.69, 9.17) is 0 Å². The molecule has 6 nitrogen and oxygen atoms in total. The molecule has 0 saturated carbocycles. The predicted octanol–water partition coefficient (Wildman–Crippen LogP) is 9.46. The minimum Gasteiger partial charge on any atom is -0.378 e. The third kappa shape index (κ3) is 8.19. The van der Waals surface area contributed by atoms with E-state index in [9.17, 15) is 9.59 Å². The molecule has 0 unspecified atom stereocenters. The highest BCUT2D eigenvalue weighted by atomic mass is 16.1. The number of hydrogen-bond acceptors (Lipinski definition) is 4. The molecule has 2 aromatic carbocycles. The first kappa shape index (κ1) is 38.3. The van der Waals surface area contributed by atoms with Crippen LogP contribution in [0.15, 0.2) is 82.4 Å². The highest BCUT2D eigenvalue weighted by molar-refractivity contribution is 5.96. The zero-order chi connectivity index (χ0) is 38.2. The van der Waals surface area contributed by atoms with Crippen molar-refractivity contribution >= 4 is 33.2 Å². The van der Waals surface area contributed by atoms with Crippen LogP contribution >= 0.6 is 0 Å². The van der Waals surface area contributed by atoms with Crippen molar-refractivity contribution in [3.8, 4) is 23.7 Å². The molecule has 0 fully saturated rings. The first-order chi connectivity index (χ1) is 26.2. The SMILES string of the molecule is CCCCCCCc1c2c(=O)n3c(C#Cc4ccc(N(C)C)cc4)ccc3c(CCCCCCC)c2c(=O)n2c(C#Cc3ccc(N(C)C)cc3)ccc12. The molecule has 0 aliphatic rings. The number of aryl methyl sites for hydroxylation is 2. The summed E-state index contributed by atoms with van der Waals surface area (Å²) in [5.74, 6) is 13.3. The van der Waals surface area contributed by atoms with Crippen LogP contribution < -0.4 is 20.9 Å². The second kappa shape index (κ2) is 17.6. The topological polar surface area (TPSA) is 49.4 Å². The lowest BCUT2D eigenvalue weighted by Crippen LogP contribution is -2.25. The molecular weight excluding hydrogens is 665 g/mol. The molecule has 278 valence electrons. The highest BCUT2D eigenvalue weighted by Crippen LogP contribution is 2.29. The van der Waals surface area contributed by atoms with E-state index < -0.39 is 0 Å². The quantitative estimate of drug-likeness (QED) is 0.0832. The fourth-order valence-electron chi connectivity index (χ4n) is 7.51. The molecule has 6 rings (SSSR count). The smallest absolute Gasteiger partial charge is 0.264 e. The van der Waals surface area contributed by atoms with Crippen LogP contribution in [0.25, 0.3) is 21.8 Å². The van der Waals surface area contributed by atoms with E-state index in [0.717, 1.165) is 96.0 Å². The van der Waals surface area contributed by atoms with Gasteiger partial charge in [-0.2, -0.15) is 0 Å². The molecule has 6 aromatic rings. The van der Waals surface area contributed by atoms with Gasteiger partial charge in [0.25, 0.3) is 11.1 Å². The Labute approximate surface area is 320 Å². The summed E-state index contributed by atoms with van der Waals surface area (Å²) in [6, 6.07) is 24.1. The van der Waals surface area contributed by atoms with Crippen LogP contribution in [0.5, 0.6) is 0 Å². The Morgan fingerprint density at radius 3 is 1.19 bits per heavy atom. The second-order valence-electron chi connectivity index (χ2n) is 14.9. The number of anilines is 2. The molecule has 0 radical (unpaired) electrons. The number of pyridine rings is 2. The minimum absolute atomic E-state index is 0.162. The van der Waals surface area contributed by atoms with E-state index in [-0.39, 0.29) is 11.1 Å². The summed E-state index contributed by atoms with van der Waals surface area (Å²) in [5, 5.41) is 1.09. The van der Waals surface area contributed by atoms with E-state index in [1.807, 2.05) is 101 Å². The maximum Gasteiger partial charge on any atom is 0.264 e. The molecule has 0 spiro atoms. The van der Waals surface area contributed by atoms with Crippen molar-refractivity contribution in [1.82, 2.24) is 8.80 Å². The Hall–Kier alpha value is -5.46. The van der Waals surface area contributed by atoms with Crippen LogP contribution in [-0.2, 0) is 12.8 Å². The molecule has 6 heteroatoms. The third-order valence-electron chi connectivity index (χ3n) is 10.6. The minimum atomic E-state index is -0.162. The average molecular weight is 719 g/mol. The number of hydrogen-bond donors (Lipinski definition) is 0. The summed E-state index contributed by atoms with van der Waals surface area (Å²) < 4.78 is 3.56. The zero-order valence-corrected chi connectivity index (χ0v) is 33.0. The van der Waals surface area contributed by atoms with E-state index in [2.05, 4.69) is 47.3 Å². The van der Waals surface area contributed by atoms with Crippen LogP contribution in [0.2, 0.25) is 0 Å². The van der Waals surface area contributed by atoms with Gasteiger partial charge in [0.15, 0.2) is 0 Å². The van der Waals surface area contributed by atoms with Gasteiger partial charge in [0, 0.05) is 50.7 Å². The Kier molecular flexibility index (Phi) is 12.5. The van der Waals surface area contributed by atoms with Crippen LogP contribution in [-0.4, -0.2) is 37.0 Å². The zero-order valence-electron chi connectivity index (χ0n) is 33.0. The fraction of sp³-hybridized carbons (Fsp3) is 0.375. The van der Waals surface area contributed by atoms with Gasteiger partial charge in [-0.25, -0.2) is 0 Å². The van der Waals surface area contributed by atoms with Crippen molar-refractivity contribution < 1.29 is 0 Å². The second-order valence-corrected chi connectivity index (χ2v) is 14.9. The standard InChI is InChI=1S/C48H54N4O2/c1-7-9-11-13-15-17-41-43-33-31-39(29-23-35-19-25-37(26-20-35)49(3)4)51(43)48(54)46-42(18-16-14-12-10-8-2)44-34-32-40(52(44)47(53)45(41)46)30-24-36-21-27-38(28-22-36)50(5)6/h19-22,25-28,31-34H,7-18H2,1-6H3. The molecule has 0 atom stereocenters. The highest BCUT2D eigenvalue weighted by Gasteiger charge is 2.23. The maximum atomic E-state index is 14.9. The van der Waals surface area contributed by atoms with Gasteiger partial charge in [0.05, 0.1) is 21.8 Å². The average Bonchev–Trinajstić information content (AvgIpc) is 3.80. The van der Waals surface area contributed by atoms with Crippen molar-refractivity contribution in [3.63, 3.8) is 0 Å². The number of unbranched alkanes of at least 4 members (excludes halogenated alkanes) is 8. The molecule has 4 heterocycles. The third-order valence-corrected chi connectivity index (χ3v) is 10.6. The Balaban J connectivity index is 1.56. The summed E-state index contributed by atoms with van der Waals surface area (Å²) >= 11 is 0. The Morgan fingerprint density at radius 1 is 0.463 bits per heavy atom. The summed E-state index contributed by atoms with van der Waals surface area (Å²) in [6.07, 6.45) is 12.5. The summed E-state index contributed by atoms with van der Waals surface area (Å²) in [6.45, 7) is 4.44. The van der Waals surface area contributed by atoms with Gasteiger partial charge >= 0.3 is 0 Å². The van der Waals surface area contributed by atoms with Gasteiger partial charge in [-0.1, -0.05) is 77.1 Å². The molecule has 0 aliphatic carbocycles. The van der Waals surface area contributed by atoms with E-state index in [1.54, 1.807) is 8.80 Å². The maximum absolute atomic E-state index is 14.9. The van der Waals surface area contributed by atoms with Crippen molar-refractivity contribution in [2.24, 2.45) is 0 Å². The van der Waals surface area contributed by atoms with Crippen LogP contribution in [0, 0.1) is 23.7 Å². The van der Waals surface area contributed by atoms with Gasteiger partial charge in [-0.05, 0) is 121 Å². The van der Waals surface area contributed by atoms with Crippen molar-refractivity contribution in [1.29, 1.82) is 0 Å². The van der Waals surface area contributed by atoms with E-state index >= 15 is 0 Å².